The predicted octanol–water partition coefficient (Wildman–Crippen LogP) is 1.78. The van der Waals surface area contributed by atoms with Crippen molar-refractivity contribution in [2.75, 3.05) is 0 Å². The van der Waals surface area contributed by atoms with Gasteiger partial charge in [-0.05, 0) is 5.56 Å². The Morgan fingerprint density at radius 3 is 2.71 bits per heavy atom. The van der Waals surface area contributed by atoms with Crippen LogP contribution in [0.25, 0.3) is 0 Å². The molecular formula is C10H11N3S. The summed E-state index contributed by atoms with van der Waals surface area (Å²) in [5.74, 6) is 0. The van der Waals surface area contributed by atoms with Gasteiger partial charge in [-0.2, -0.15) is 0 Å². The highest BCUT2D eigenvalue weighted by molar-refractivity contribution is 7.09. The predicted molar refractivity (Wildman–Crippen MR) is 57.0 cm³/mol. The van der Waals surface area contributed by atoms with Crippen LogP contribution in [-0.4, -0.2) is 10.2 Å². The Bertz CT molecular complexity index is 372. The number of hydrogen-bond acceptors (Lipinski definition) is 4. The molecule has 0 saturated heterocycles. The third-order valence-electron chi connectivity index (χ3n) is 2.03. The first-order valence-corrected chi connectivity index (χ1v) is 5.30. The maximum Gasteiger partial charge on any atom is 0.119 e. The van der Waals surface area contributed by atoms with E-state index in [4.69, 9.17) is 5.73 Å². The molecule has 2 rings (SSSR count). The highest BCUT2D eigenvalue weighted by Crippen LogP contribution is 2.15. The number of hydrogen-bond donors (Lipinski definition) is 1. The molecule has 2 aromatic rings. The second-order valence-corrected chi connectivity index (χ2v) is 3.97. The number of benzene rings is 1. The molecule has 0 amide bonds. The summed E-state index contributed by atoms with van der Waals surface area (Å²) in [5, 5.41) is 8.74. The van der Waals surface area contributed by atoms with Crippen LogP contribution >= 0.6 is 11.3 Å². The second-order valence-electron chi connectivity index (χ2n) is 3.05. The van der Waals surface area contributed by atoms with E-state index in [1.807, 2.05) is 30.3 Å². The van der Waals surface area contributed by atoms with Gasteiger partial charge in [0.2, 0.25) is 0 Å². The zero-order chi connectivity index (χ0) is 9.80. The van der Waals surface area contributed by atoms with E-state index in [2.05, 4.69) is 10.2 Å². The molecule has 14 heavy (non-hydrogen) atoms. The summed E-state index contributed by atoms with van der Waals surface area (Å²) in [5.41, 5.74) is 8.90. The standard InChI is InChI=1S/C10H11N3S/c11-9(6-10-13-12-7-14-10)8-4-2-1-3-5-8/h1-5,7,9H,6,11H2. The molecule has 0 spiro atoms. The Kier molecular flexibility index (Phi) is 2.86. The molecule has 1 aromatic carbocycles. The van der Waals surface area contributed by atoms with Crippen LogP contribution in [0.2, 0.25) is 0 Å². The van der Waals surface area contributed by atoms with E-state index in [-0.39, 0.29) is 6.04 Å². The molecule has 0 fully saturated rings. The number of aromatic nitrogens is 2. The van der Waals surface area contributed by atoms with E-state index in [1.54, 1.807) is 16.8 Å². The molecule has 1 unspecified atom stereocenters. The van der Waals surface area contributed by atoms with Crippen molar-refractivity contribution in [1.29, 1.82) is 0 Å². The average Bonchev–Trinajstić information content (AvgIpc) is 2.72. The van der Waals surface area contributed by atoms with Gasteiger partial charge in [-0.25, -0.2) is 0 Å². The summed E-state index contributed by atoms with van der Waals surface area (Å²) in [6.45, 7) is 0. The van der Waals surface area contributed by atoms with Crippen LogP contribution in [0.5, 0.6) is 0 Å². The molecule has 0 aliphatic carbocycles. The topological polar surface area (TPSA) is 51.8 Å². The fourth-order valence-corrected chi connectivity index (χ4v) is 1.88. The maximum atomic E-state index is 6.03. The number of rotatable bonds is 3. The largest absolute Gasteiger partial charge is 0.324 e. The molecule has 0 aliphatic rings. The van der Waals surface area contributed by atoms with E-state index in [0.29, 0.717) is 0 Å². The first-order valence-electron chi connectivity index (χ1n) is 4.42. The van der Waals surface area contributed by atoms with Gasteiger partial charge in [-0.15, -0.1) is 21.5 Å². The van der Waals surface area contributed by atoms with Gasteiger partial charge in [0.1, 0.15) is 10.5 Å². The third-order valence-corrected chi connectivity index (χ3v) is 2.75. The Labute approximate surface area is 86.6 Å². The van der Waals surface area contributed by atoms with E-state index < -0.39 is 0 Å². The molecule has 0 aliphatic heterocycles. The minimum atomic E-state index is 0.0177. The minimum Gasteiger partial charge on any atom is -0.324 e. The van der Waals surface area contributed by atoms with Crippen LogP contribution in [0, 0.1) is 0 Å². The van der Waals surface area contributed by atoms with E-state index >= 15 is 0 Å². The molecule has 72 valence electrons. The molecule has 0 bridgehead atoms. The summed E-state index contributed by atoms with van der Waals surface area (Å²) >= 11 is 1.54. The van der Waals surface area contributed by atoms with Crippen LogP contribution < -0.4 is 5.73 Å². The lowest BCUT2D eigenvalue weighted by Crippen LogP contribution is -2.12. The molecule has 4 heteroatoms. The van der Waals surface area contributed by atoms with Crippen LogP contribution in [0.3, 0.4) is 0 Å². The van der Waals surface area contributed by atoms with E-state index in [9.17, 15) is 0 Å². The van der Waals surface area contributed by atoms with Crippen LogP contribution in [0.4, 0.5) is 0 Å². The van der Waals surface area contributed by atoms with Crippen molar-refractivity contribution in [2.24, 2.45) is 5.73 Å². The first kappa shape index (κ1) is 9.30. The molecular weight excluding hydrogens is 194 g/mol. The second kappa shape index (κ2) is 4.30. The van der Waals surface area contributed by atoms with Gasteiger partial charge in [0, 0.05) is 12.5 Å². The summed E-state index contributed by atoms with van der Waals surface area (Å²) in [7, 11) is 0. The maximum absolute atomic E-state index is 6.03. The van der Waals surface area contributed by atoms with Crippen molar-refractivity contribution in [3.05, 3.63) is 46.4 Å². The molecule has 1 heterocycles. The van der Waals surface area contributed by atoms with Crippen molar-refractivity contribution < 1.29 is 0 Å². The first-order chi connectivity index (χ1) is 6.86. The quantitative estimate of drug-likeness (QED) is 0.831. The Morgan fingerprint density at radius 1 is 1.29 bits per heavy atom. The van der Waals surface area contributed by atoms with Crippen LogP contribution in [0.15, 0.2) is 35.8 Å². The van der Waals surface area contributed by atoms with Gasteiger partial charge >= 0.3 is 0 Å². The molecule has 1 atom stereocenters. The highest BCUT2D eigenvalue weighted by Gasteiger charge is 2.08. The SMILES string of the molecule is NC(Cc1nncs1)c1ccccc1. The Hall–Kier alpha value is -1.26. The smallest absolute Gasteiger partial charge is 0.119 e. The van der Waals surface area contributed by atoms with Gasteiger partial charge in [0.15, 0.2) is 0 Å². The van der Waals surface area contributed by atoms with Gasteiger partial charge < -0.3 is 5.73 Å². The van der Waals surface area contributed by atoms with Crippen molar-refractivity contribution in [2.45, 2.75) is 12.5 Å². The lowest BCUT2D eigenvalue weighted by Gasteiger charge is -2.08. The molecule has 3 nitrogen and oxygen atoms in total. The molecule has 0 radical (unpaired) electrons. The Balaban J connectivity index is 2.07. The Morgan fingerprint density at radius 2 is 2.07 bits per heavy atom. The fraction of sp³-hybridized carbons (Fsp3) is 0.200. The van der Waals surface area contributed by atoms with Crippen molar-refractivity contribution in [3.8, 4) is 0 Å². The van der Waals surface area contributed by atoms with Gasteiger partial charge in [0.25, 0.3) is 0 Å². The summed E-state index contributed by atoms with van der Waals surface area (Å²) < 4.78 is 0. The lowest BCUT2D eigenvalue weighted by atomic mass is 10.1. The molecule has 0 saturated carbocycles. The monoisotopic (exact) mass is 205 g/mol. The number of nitrogens with zero attached hydrogens (tertiary/aromatic N) is 2. The van der Waals surface area contributed by atoms with Gasteiger partial charge in [-0.1, -0.05) is 30.3 Å². The fourth-order valence-electron chi connectivity index (χ4n) is 1.29. The molecule has 2 N–H and O–H groups in total. The van der Waals surface area contributed by atoms with Crippen LogP contribution in [-0.2, 0) is 6.42 Å². The third kappa shape index (κ3) is 2.16. The zero-order valence-corrected chi connectivity index (χ0v) is 8.45. The van der Waals surface area contributed by atoms with E-state index in [0.717, 1.165) is 17.0 Å². The molecule has 1 aromatic heterocycles. The van der Waals surface area contributed by atoms with Crippen molar-refractivity contribution in [1.82, 2.24) is 10.2 Å². The van der Waals surface area contributed by atoms with E-state index in [1.165, 1.54) is 0 Å². The van der Waals surface area contributed by atoms with Gasteiger partial charge in [0.05, 0.1) is 0 Å². The average molecular weight is 205 g/mol. The highest BCUT2D eigenvalue weighted by atomic mass is 32.1. The van der Waals surface area contributed by atoms with Crippen molar-refractivity contribution in [3.63, 3.8) is 0 Å². The van der Waals surface area contributed by atoms with Crippen molar-refractivity contribution >= 4 is 11.3 Å². The summed E-state index contributed by atoms with van der Waals surface area (Å²) in [4.78, 5) is 0. The van der Waals surface area contributed by atoms with Crippen LogP contribution in [0.1, 0.15) is 16.6 Å². The van der Waals surface area contributed by atoms with Gasteiger partial charge in [-0.3, -0.25) is 0 Å². The zero-order valence-electron chi connectivity index (χ0n) is 7.63. The summed E-state index contributed by atoms with van der Waals surface area (Å²) in [6, 6.07) is 10.1. The summed E-state index contributed by atoms with van der Waals surface area (Å²) in [6.07, 6.45) is 0.759. The number of nitrogens with two attached hydrogens (primary N) is 1. The lowest BCUT2D eigenvalue weighted by molar-refractivity contribution is 0.711. The normalized spacial score (nSPS) is 12.6. The minimum absolute atomic E-state index is 0.0177.